The topological polar surface area (TPSA) is 34.1 Å². The second-order valence-electron chi connectivity index (χ2n) is 1.29. The smallest absolute Gasteiger partial charge is 0.303 e. The van der Waals surface area contributed by atoms with E-state index in [1.807, 2.05) is 0 Å². The summed E-state index contributed by atoms with van der Waals surface area (Å²) in [6.07, 6.45) is -6.01. The van der Waals surface area contributed by atoms with E-state index in [2.05, 4.69) is 0 Å². The van der Waals surface area contributed by atoms with Crippen LogP contribution in [-0.4, -0.2) is 18.2 Å². The Morgan fingerprint density at radius 1 is 1.40 bits per heavy atom. The summed E-state index contributed by atoms with van der Waals surface area (Å²) in [7, 11) is 0. The van der Waals surface area contributed by atoms with Gasteiger partial charge < -0.3 is 4.79 Å². The van der Waals surface area contributed by atoms with Crippen LogP contribution in [0.15, 0.2) is 0 Å². The van der Waals surface area contributed by atoms with Gasteiger partial charge >= 0.3 is 6.18 Å². The monoisotopic (exact) mass is 293 g/mol. The van der Waals surface area contributed by atoms with E-state index in [9.17, 15) is 22.8 Å². The quantitative estimate of drug-likeness (QED) is 0.555. The van der Waals surface area contributed by atoms with E-state index >= 15 is 0 Å². The van der Waals surface area contributed by atoms with Gasteiger partial charge in [-0.15, -0.1) is 0 Å². The summed E-state index contributed by atoms with van der Waals surface area (Å²) < 4.78 is 33.4. The summed E-state index contributed by atoms with van der Waals surface area (Å²) in [5.41, 5.74) is 0. The van der Waals surface area contributed by atoms with Gasteiger partial charge in [0.2, 0.25) is 5.78 Å². The molecule has 0 aliphatic heterocycles. The van der Waals surface area contributed by atoms with Crippen LogP contribution in [0.1, 0.15) is 6.42 Å². The summed E-state index contributed by atoms with van der Waals surface area (Å²) in [6.45, 7) is 0. The molecule has 0 heterocycles. The summed E-state index contributed by atoms with van der Waals surface area (Å²) in [5, 5.41) is 0. The number of ketones is 1. The van der Waals surface area contributed by atoms with Gasteiger partial charge in [-0.1, -0.05) is 0 Å². The molecule has 2 nitrogen and oxygen atoms in total. The number of halogens is 3. The van der Waals surface area contributed by atoms with Gasteiger partial charge in [0.15, 0.2) is 0 Å². The second-order valence-corrected chi connectivity index (χ2v) is 1.29. The largest absolute Gasteiger partial charge is 0.450 e. The third kappa shape index (κ3) is 5.50. The summed E-state index contributed by atoms with van der Waals surface area (Å²) in [6, 6.07) is 0. The average Bonchev–Trinajstić information content (AvgIpc) is 1.64. The van der Waals surface area contributed by atoms with E-state index in [1.54, 1.807) is 0 Å². The average molecular weight is 292 g/mol. The maximum atomic E-state index is 11.1. The van der Waals surface area contributed by atoms with Gasteiger partial charge in [0.25, 0.3) is 0 Å². The molecule has 59 valence electrons. The first-order valence-corrected chi connectivity index (χ1v) is 2.02. The van der Waals surface area contributed by atoms with Crippen molar-refractivity contribution in [1.29, 1.82) is 0 Å². The molecule has 0 saturated carbocycles. The Hall–Kier alpha value is 0.714. The molecule has 0 spiro atoms. The molecule has 0 fully saturated rings. The fraction of sp³-hybridized carbons (Fsp3) is 0.500. The van der Waals surface area contributed by atoms with Crippen molar-refractivity contribution < 1.29 is 72.1 Å². The van der Waals surface area contributed by atoms with Crippen molar-refractivity contribution in [3.63, 3.8) is 0 Å². The standard InChI is InChI=1S/C4H3F3O2.Eu/c5-4(6,7)3(9)1-2-8;/h2H,1H2;. The van der Waals surface area contributed by atoms with Gasteiger partial charge in [-0.25, -0.2) is 0 Å². The number of carbonyl (C=O) groups excluding carboxylic acids is 2. The Labute approximate surface area is 95.7 Å². The van der Waals surface area contributed by atoms with E-state index in [0.29, 0.717) is 0 Å². The van der Waals surface area contributed by atoms with E-state index < -0.39 is 18.4 Å². The second kappa shape index (κ2) is 5.38. The zero-order valence-electron chi connectivity index (χ0n) is 4.61. The predicted octanol–water partition coefficient (Wildman–Crippen LogP) is 0.707. The third-order valence-corrected chi connectivity index (χ3v) is 0.585. The number of carbonyl (C=O) groups is 2. The predicted molar refractivity (Wildman–Crippen MR) is 21.7 cm³/mol. The molecular formula is C4H3EuF3O2. The maximum absolute atomic E-state index is 11.1. The van der Waals surface area contributed by atoms with Crippen molar-refractivity contribution in [2.45, 2.75) is 12.6 Å². The molecule has 1 radical (unpaired) electrons. The number of hydrogen-bond acceptors (Lipinski definition) is 2. The summed E-state index contributed by atoms with van der Waals surface area (Å²) >= 11 is 0. The van der Waals surface area contributed by atoms with Crippen LogP contribution in [0.5, 0.6) is 0 Å². The molecule has 0 rings (SSSR count). The number of Topliss-reactive ketones (excluding diaryl/α,β-unsaturated/α-hetero) is 1. The van der Waals surface area contributed by atoms with Crippen molar-refractivity contribution in [2.24, 2.45) is 0 Å². The molecule has 0 aromatic heterocycles. The summed E-state index contributed by atoms with van der Waals surface area (Å²) in [4.78, 5) is 19.0. The van der Waals surface area contributed by atoms with Crippen LogP contribution in [0.3, 0.4) is 0 Å². The van der Waals surface area contributed by atoms with Crippen LogP contribution in [-0.2, 0) is 9.59 Å². The molecule has 0 unspecified atom stereocenters. The van der Waals surface area contributed by atoms with Gasteiger partial charge in [0, 0.05) is 49.4 Å². The van der Waals surface area contributed by atoms with E-state index in [1.165, 1.54) is 0 Å². The zero-order valence-corrected chi connectivity index (χ0v) is 7.04. The van der Waals surface area contributed by atoms with E-state index in [-0.39, 0.29) is 55.7 Å². The molecule has 0 amide bonds. The Bertz CT molecular complexity index is 131. The molecule has 0 bridgehead atoms. The zero-order chi connectivity index (χ0) is 7.49. The third-order valence-electron chi connectivity index (χ3n) is 0.585. The van der Waals surface area contributed by atoms with Gasteiger partial charge in [0.1, 0.15) is 6.29 Å². The van der Waals surface area contributed by atoms with E-state index in [0.717, 1.165) is 0 Å². The molecule has 0 N–H and O–H groups in total. The molecule has 0 aromatic carbocycles. The Balaban J connectivity index is 0. The van der Waals surface area contributed by atoms with Crippen molar-refractivity contribution in [3.05, 3.63) is 0 Å². The summed E-state index contributed by atoms with van der Waals surface area (Å²) in [5.74, 6) is -2.00. The number of alkyl halides is 3. The van der Waals surface area contributed by atoms with Gasteiger partial charge in [-0.05, 0) is 0 Å². The van der Waals surface area contributed by atoms with Crippen molar-refractivity contribution in [2.75, 3.05) is 0 Å². The molecule has 0 aliphatic carbocycles. The first-order chi connectivity index (χ1) is 3.98. The van der Waals surface area contributed by atoms with Crippen LogP contribution in [0, 0.1) is 49.4 Å². The van der Waals surface area contributed by atoms with Crippen molar-refractivity contribution in [1.82, 2.24) is 0 Å². The fourth-order valence-corrected chi connectivity index (χ4v) is 0.191. The van der Waals surface area contributed by atoms with Crippen molar-refractivity contribution in [3.8, 4) is 0 Å². The van der Waals surface area contributed by atoms with Gasteiger partial charge in [-0.3, -0.25) is 4.79 Å². The Morgan fingerprint density at radius 2 is 1.80 bits per heavy atom. The minimum Gasteiger partial charge on any atom is -0.303 e. The maximum Gasteiger partial charge on any atom is 0.450 e. The van der Waals surface area contributed by atoms with E-state index in [4.69, 9.17) is 0 Å². The molecular weight excluding hydrogens is 289 g/mol. The van der Waals surface area contributed by atoms with Crippen LogP contribution in [0.25, 0.3) is 0 Å². The van der Waals surface area contributed by atoms with Gasteiger partial charge in [0.05, 0.1) is 6.42 Å². The number of rotatable bonds is 2. The minimum atomic E-state index is -4.86. The Morgan fingerprint density at radius 3 is 1.90 bits per heavy atom. The number of hydrogen-bond donors (Lipinski definition) is 0. The van der Waals surface area contributed by atoms with Gasteiger partial charge in [-0.2, -0.15) is 13.2 Å². The molecule has 0 aromatic rings. The van der Waals surface area contributed by atoms with Crippen LogP contribution < -0.4 is 0 Å². The fourth-order valence-electron chi connectivity index (χ4n) is 0.191. The SMILES string of the molecule is O=CCC(=O)C(F)(F)F.[Eu]. The van der Waals surface area contributed by atoms with Crippen LogP contribution in [0.2, 0.25) is 0 Å². The first-order valence-electron chi connectivity index (χ1n) is 2.02. The van der Waals surface area contributed by atoms with Crippen molar-refractivity contribution >= 4 is 12.1 Å². The molecule has 10 heavy (non-hydrogen) atoms. The molecule has 0 saturated heterocycles. The minimum absolute atomic E-state index is 0. The van der Waals surface area contributed by atoms with Crippen LogP contribution >= 0.6 is 0 Å². The van der Waals surface area contributed by atoms with Crippen LogP contribution in [0.4, 0.5) is 13.2 Å². The normalized spacial score (nSPS) is 9.90. The Kier molecular flexibility index (Phi) is 7.16. The molecule has 0 atom stereocenters. The number of aldehydes is 1. The molecule has 6 heteroatoms. The first kappa shape index (κ1) is 13.3. The molecule has 0 aliphatic rings.